The number of nitrogens with zero attached hydrogens (tertiary/aromatic N) is 2. The van der Waals surface area contributed by atoms with Crippen LogP contribution in [0.15, 0.2) is 60.7 Å². The first-order chi connectivity index (χ1) is 13.1. The summed E-state index contributed by atoms with van der Waals surface area (Å²) in [4.78, 5) is 30.5. The maximum absolute atomic E-state index is 13.4. The molecule has 1 aliphatic rings. The molecule has 0 aromatic heterocycles. The zero-order valence-electron chi connectivity index (χ0n) is 17.5. The molecule has 1 fully saturated rings. The summed E-state index contributed by atoms with van der Waals surface area (Å²) in [6.45, 7) is 8.61. The fourth-order valence-corrected chi connectivity index (χ4v) is 4.43. The van der Waals surface area contributed by atoms with Crippen molar-refractivity contribution in [1.29, 1.82) is 0 Å². The molecule has 4 heteroatoms. The quantitative estimate of drug-likeness (QED) is 0.802. The van der Waals surface area contributed by atoms with Crippen molar-refractivity contribution in [3.05, 3.63) is 71.8 Å². The van der Waals surface area contributed by atoms with Crippen LogP contribution in [-0.2, 0) is 11.2 Å². The van der Waals surface area contributed by atoms with Crippen molar-refractivity contribution >= 4 is 11.8 Å². The van der Waals surface area contributed by atoms with Gasteiger partial charge in [-0.15, -0.1) is 0 Å². The predicted octanol–water partition coefficient (Wildman–Crippen LogP) is 4.22. The second-order valence-electron chi connectivity index (χ2n) is 9.18. The first-order valence-corrected chi connectivity index (χ1v) is 9.81. The lowest BCUT2D eigenvalue weighted by Crippen LogP contribution is -2.68. The van der Waals surface area contributed by atoms with Crippen LogP contribution < -0.4 is 0 Å². The van der Waals surface area contributed by atoms with Gasteiger partial charge < -0.3 is 9.80 Å². The molecule has 0 saturated carbocycles. The van der Waals surface area contributed by atoms with Crippen molar-refractivity contribution in [2.24, 2.45) is 10.8 Å². The molecule has 1 saturated heterocycles. The van der Waals surface area contributed by atoms with E-state index in [0.717, 1.165) is 5.56 Å². The van der Waals surface area contributed by atoms with Gasteiger partial charge in [-0.3, -0.25) is 9.59 Å². The molecule has 0 spiro atoms. The van der Waals surface area contributed by atoms with E-state index in [4.69, 9.17) is 0 Å². The monoisotopic (exact) mass is 378 g/mol. The molecule has 2 aromatic rings. The average Bonchev–Trinajstić information content (AvgIpc) is 2.65. The first-order valence-electron chi connectivity index (χ1n) is 9.81. The summed E-state index contributed by atoms with van der Waals surface area (Å²) in [5.74, 6) is 0.0625. The fourth-order valence-electron chi connectivity index (χ4n) is 4.43. The second-order valence-corrected chi connectivity index (χ2v) is 9.18. The topological polar surface area (TPSA) is 40.6 Å². The lowest BCUT2D eigenvalue weighted by molar-refractivity contribution is -0.161. The standard InChI is InChI=1S/C24H30N2O2/c1-23(2,3)21-25(5)22(28)24(4,16-18-12-8-6-9-13-18)17-26(21)20(27)19-14-10-7-11-15-19/h6-15,21H,16-17H2,1-5H3/t21-,24+/m0/s1. The molecule has 148 valence electrons. The molecular weight excluding hydrogens is 348 g/mol. The number of amides is 2. The third-order valence-corrected chi connectivity index (χ3v) is 5.51. The van der Waals surface area contributed by atoms with Crippen LogP contribution in [0.25, 0.3) is 0 Å². The van der Waals surface area contributed by atoms with Crippen LogP contribution in [0.4, 0.5) is 0 Å². The van der Waals surface area contributed by atoms with Gasteiger partial charge in [0.15, 0.2) is 0 Å². The molecule has 1 aliphatic heterocycles. The Morgan fingerprint density at radius 2 is 1.57 bits per heavy atom. The Hall–Kier alpha value is -2.62. The van der Waals surface area contributed by atoms with Gasteiger partial charge in [-0.05, 0) is 31.0 Å². The lowest BCUT2D eigenvalue weighted by atomic mass is 9.76. The maximum Gasteiger partial charge on any atom is 0.255 e. The molecular formula is C24H30N2O2. The zero-order chi connectivity index (χ0) is 20.5. The fraction of sp³-hybridized carbons (Fsp3) is 0.417. The van der Waals surface area contributed by atoms with Gasteiger partial charge in [0.25, 0.3) is 5.91 Å². The number of hydrogen-bond donors (Lipinski definition) is 0. The van der Waals surface area contributed by atoms with Crippen molar-refractivity contribution in [1.82, 2.24) is 9.80 Å². The van der Waals surface area contributed by atoms with Crippen molar-refractivity contribution < 1.29 is 9.59 Å². The van der Waals surface area contributed by atoms with Crippen LogP contribution in [0.1, 0.15) is 43.6 Å². The largest absolute Gasteiger partial charge is 0.324 e. The van der Waals surface area contributed by atoms with Gasteiger partial charge in [0, 0.05) is 24.6 Å². The smallest absolute Gasteiger partial charge is 0.255 e. The molecule has 28 heavy (non-hydrogen) atoms. The Balaban J connectivity index is 2.01. The number of carbonyl (C=O) groups excluding carboxylic acids is 2. The second kappa shape index (κ2) is 7.42. The summed E-state index contributed by atoms with van der Waals surface area (Å²) in [5, 5.41) is 0. The molecule has 0 aliphatic carbocycles. The minimum Gasteiger partial charge on any atom is -0.324 e. The third kappa shape index (κ3) is 3.82. The van der Waals surface area contributed by atoms with Gasteiger partial charge in [0.1, 0.15) is 6.17 Å². The van der Waals surface area contributed by atoms with E-state index < -0.39 is 5.41 Å². The Labute approximate surface area is 168 Å². The van der Waals surface area contributed by atoms with Gasteiger partial charge in [-0.25, -0.2) is 0 Å². The minimum absolute atomic E-state index is 0.0286. The Morgan fingerprint density at radius 3 is 2.11 bits per heavy atom. The normalized spacial score (nSPS) is 23.0. The Kier molecular flexibility index (Phi) is 5.33. The number of benzene rings is 2. The van der Waals surface area contributed by atoms with E-state index in [2.05, 4.69) is 20.8 Å². The van der Waals surface area contributed by atoms with Gasteiger partial charge in [-0.2, -0.15) is 0 Å². The Bertz CT molecular complexity index is 842. The molecule has 2 amide bonds. The molecule has 2 atom stereocenters. The molecule has 0 N–H and O–H groups in total. The highest BCUT2D eigenvalue weighted by Crippen LogP contribution is 2.39. The third-order valence-electron chi connectivity index (χ3n) is 5.51. The van der Waals surface area contributed by atoms with E-state index in [-0.39, 0.29) is 23.4 Å². The molecule has 1 heterocycles. The highest BCUT2D eigenvalue weighted by atomic mass is 16.2. The van der Waals surface area contributed by atoms with E-state index in [1.165, 1.54) is 0 Å². The Morgan fingerprint density at radius 1 is 1.04 bits per heavy atom. The maximum atomic E-state index is 13.4. The number of rotatable bonds is 3. The predicted molar refractivity (Wildman–Crippen MR) is 112 cm³/mol. The summed E-state index contributed by atoms with van der Waals surface area (Å²) in [5.41, 5.74) is 0.834. The van der Waals surface area contributed by atoms with Crippen LogP contribution in [0.3, 0.4) is 0 Å². The average molecular weight is 379 g/mol. The summed E-state index contributed by atoms with van der Waals surface area (Å²) in [6.07, 6.45) is 0.309. The summed E-state index contributed by atoms with van der Waals surface area (Å²) in [6, 6.07) is 19.4. The summed E-state index contributed by atoms with van der Waals surface area (Å²) >= 11 is 0. The van der Waals surface area contributed by atoms with Crippen LogP contribution in [0, 0.1) is 10.8 Å². The summed E-state index contributed by atoms with van der Waals surface area (Å²) < 4.78 is 0. The van der Waals surface area contributed by atoms with E-state index in [1.54, 1.807) is 4.90 Å². The van der Waals surface area contributed by atoms with Crippen LogP contribution in [0.5, 0.6) is 0 Å². The number of hydrogen-bond acceptors (Lipinski definition) is 2. The molecule has 2 aromatic carbocycles. The number of carbonyl (C=O) groups is 2. The molecule has 4 nitrogen and oxygen atoms in total. The SMILES string of the molecule is CN1C(=O)[C@](C)(Cc2ccccc2)CN(C(=O)c2ccccc2)[C@H]1C(C)(C)C. The van der Waals surface area contributed by atoms with Crippen LogP contribution >= 0.6 is 0 Å². The van der Waals surface area contributed by atoms with Gasteiger partial charge in [0.05, 0.1) is 5.41 Å². The molecule has 0 radical (unpaired) electrons. The van der Waals surface area contributed by atoms with Crippen molar-refractivity contribution in [3.8, 4) is 0 Å². The highest BCUT2D eigenvalue weighted by Gasteiger charge is 2.51. The summed E-state index contributed by atoms with van der Waals surface area (Å²) in [7, 11) is 1.83. The van der Waals surface area contributed by atoms with Gasteiger partial charge >= 0.3 is 0 Å². The van der Waals surface area contributed by atoms with Crippen LogP contribution in [-0.4, -0.2) is 41.4 Å². The molecule has 3 rings (SSSR count). The lowest BCUT2D eigenvalue weighted by Gasteiger charge is -2.54. The van der Waals surface area contributed by atoms with E-state index >= 15 is 0 Å². The van der Waals surface area contributed by atoms with Crippen molar-refractivity contribution in [3.63, 3.8) is 0 Å². The first kappa shape index (κ1) is 20.1. The van der Waals surface area contributed by atoms with Crippen molar-refractivity contribution in [2.45, 2.75) is 40.3 Å². The van der Waals surface area contributed by atoms with Gasteiger partial charge in [0.2, 0.25) is 5.91 Å². The van der Waals surface area contributed by atoms with Crippen LogP contribution in [0.2, 0.25) is 0 Å². The molecule has 0 bridgehead atoms. The highest BCUT2D eigenvalue weighted by molar-refractivity contribution is 5.96. The minimum atomic E-state index is -0.664. The van der Waals surface area contributed by atoms with E-state index in [0.29, 0.717) is 18.5 Å². The van der Waals surface area contributed by atoms with E-state index in [9.17, 15) is 9.59 Å². The van der Waals surface area contributed by atoms with Crippen molar-refractivity contribution in [2.75, 3.05) is 13.6 Å². The zero-order valence-corrected chi connectivity index (χ0v) is 17.5. The van der Waals surface area contributed by atoms with Gasteiger partial charge in [-0.1, -0.05) is 69.3 Å². The molecule has 0 unspecified atom stereocenters. The van der Waals surface area contributed by atoms with E-state index in [1.807, 2.05) is 79.5 Å².